The molecule has 20 heavy (non-hydrogen) atoms. The molecule has 2 N–H and O–H groups in total. The van der Waals surface area contributed by atoms with Crippen LogP contribution in [0.25, 0.3) is 0 Å². The molecule has 1 unspecified atom stereocenters. The van der Waals surface area contributed by atoms with Crippen molar-refractivity contribution in [3.8, 4) is 0 Å². The summed E-state index contributed by atoms with van der Waals surface area (Å²) in [7, 11) is -3.37. The maximum absolute atomic E-state index is 11.8. The van der Waals surface area contributed by atoms with Crippen molar-refractivity contribution in [3.05, 3.63) is 29.8 Å². The first kappa shape index (κ1) is 18.9. The molecule has 0 aliphatic rings. The zero-order valence-corrected chi connectivity index (χ0v) is 13.5. The normalized spacial score (nSPS) is 12.3. The number of carbonyl (C=O) groups excluding carboxylic acids is 1. The van der Waals surface area contributed by atoms with E-state index in [0.717, 1.165) is 18.4 Å². The van der Waals surface area contributed by atoms with Gasteiger partial charge in [-0.05, 0) is 31.2 Å². The second-order valence-corrected chi connectivity index (χ2v) is 6.81. The van der Waals surface area contributed by atoms with Crippen molar-refractivity contribution in [2.75, 3.05) is 18.1 Å². The number of halogens is 1. The molecule has 0 saturated heterocycles. The number of amides is 1. The van der Waals surface area contributed by atoms with Gasteiger partial charge in [0, 0.05) is 18.5 Å². The van der Waals surface area contributed by atoms with Crippen LogP contribution in [0.15, 0.2) is 24.3 Å². The first-order valence-corrected chi connectivity index (χ1v) is 8.09. The smallest absolute Gasteiger partial charge is 0.242 e. The van der Waals surface area contributed by atoms with Gasteiger partial charge in [-0.3, -0.25) is 4.79 Å². The van der Waals surface area contributed by atoms with Crippen LogP contribution in [0.1, 0.15) is 19.4 Å². The molecule has 0 radical (unpaired) electrons. The van der Waals surface area contributed by atoms with E-state index in [1.165, 1.54) is 6.92 Å². The molecule has 1 aromatic rings. The number of anilines is 1. The van der Waals surface area contributed by atoms with E-state index in [1.54, 1.807) is 6.07 Å². The second-order valence-electron chi connectivity index (χ2n) is 4.44. The third-order valence-electron chi connectivity index (χ3n) is 2.79. The summed E-state index contributed by atoms with van der Waals surface area (Å²) in [5.74, 6) is -0.511. The summed E-state index contributed by atoms with van der Waals surface area (Å²) < 4.78 is 22.6. The maximum Gasteiger partial charge on any atom is 0.242 e. The Kier molecular flexibility index (Phi) is 7.78. The largest absolute Gasteiger partial charge is 0.325 e. The van der Waals surface area contributed by atoms with Gasteiger partial charge in [-0.2, -0.15) is 0 Å². The molecule has 0 fully saturated rings. The van der Waals surface area contributed by atoms with Gasteiger partial charge >= 0.3 is 0 Å². The van der Waals surface area contributed by atoms with Crippen molar-refractivity contribution in [2.24, 2.45) is 0 Å². The number of rotatable bonds is 6. The van der Waals surface area contributed by atoms with Gasteiger partial charge in [0.05, 0.1) is 0 Å². The fourth-order valence-electron chi connectivity index (χ4n) is 1.47. The molecule has 1 atom stereocenters. The number of hydrogen-bond donors (Lipinski definition) is 2. The lowest BCUT2D eigenvalue weighted by Crippen LogP contribution is -2.31. The van der Waals surface area contributed by atoms with Gasteiger partial charge in [0.25, 0.3) is 0 Å². The van der Waals surface area contributed by atoms with Crippen molar-refractivity contribution in [2.45, 2.75) is 25.6 Å². The Labute approximate surface area is 126 Å². The lowest BCUT2D eigenvalue weighted by molar-refractivity contribution is -0.115. The monoisotopic (exact) mass is 320 g/mol. The summed E-state index contributed by atoms with van der Waals surface area (Å²) in [6.45, 7) is 4.97. The third-order valence-corrected chi connectivity index (χ3v) is 4.28. The van der Waals surface area contributed by atoms with Gasteiger partial charge in [0.2, 0.25) is 5.91 Å². The van der Waals surface area contributed by atoms with Crippen molar-refractivity contribution in [3.63, 3.8) is 0 Å². The Balaban J connectivity index is 0.00000361. The lowest BCUT2D eigenvalue weighted by Gasteiger charge is -2.11. The molecule has 0 aromatic heterocycles. The summed E-state index contributed by atoms with van der Waals surface area (Å²) in [4.78, 5) is 11.8. The Bertz CT molecular complexity index is 546. The first-order chi connectivity index (χ1) is 8.84. The topological polar surface area (TPSA) is 75.3 Å². The van der Waals surface area contributed by atoms with E-state index in [9.17, 15) is 13.2 Å². The van der Waals surface area contributed by atoms with E-state index in [-0.39, 0.29) is 12.4 Å². The van der Waals surface area contributed by atoms with E-state index >= 15 is 0 Å². The number of nitrogens with one attached hydrogen (secondary N) is 2. The molecule has 0 aliphatic carbocycles. The lowest BCUT2D eigenvalue weighted by atomic mass is 10.2. The number of benzene rings is 1. The van der Waals surface area contributed by atoms with Crippen LogP contribution in [-0.2, 0) is 21.2 Å². The summed E-state index contributed by atoms with van der Waals surface area (Å²) in [6, 6.07) is 7.34. The van der Waals surface area contributed by atoms with Crippen LogP contribution in [0.5, 0.6) is 0 Å². The van der Waals surface area contributed by atoms with Gasteiger partial charge < -0.3 is 10.6 Å². The summed E-state index contributed by atoms with van der Waals surface area (Å²) in [6.07, 6.45) is 1.05. The molecule has 0 spiro atoms. The molecule has 1 aromatic carbocycles. The third kappa shape index (κ3) is 5.90. The molecule has 114 valence electrons. The molecule has 1 rings (SSSR count). The van der Waals surface area contributed by atoms with E-state index in [2.05, 4.69) is 10.6 Å². The number of hydrogen-bond acceptors (Lipinski definition) is 4. The number of sulfone groups is 1. The van der Waals surface area contributed by atoms with Crippen LogP contribution >= 0.6 is 12.4 Å². The van der Waals surface area contributed by atoms with Crippen LogP contribution in [0.2, 0.25) is 0 Å². The van der Waals surface area contributed by atoms with E-state index < -0.39 is 21.0 Å². The minimum atomic E-state index is -3.37. The number of carbonyl (C=O) groups is 1. The SMILES string of the molecule is CCNCc1cccc(NC(=O)C(C)S(C)(=O)=O)c1.Cl. The maximum atomic E-state index is 11.8. The average molecular weight is 321 g/mol. The van der Waals surface area contributed by atoms with Crippen LogP contribution in [0.4, 0.5) is 5.69 Å². The first-order valence-electron chi connectivity index (χ1n) is 6.14. The molecule has 0 bridgehead atoms. The van der Waals surface area contributed by atoms with Gasteiger partial charge in [0.15, 0.2) is 9.84 Å². The molecule has 7 heteroatoms. The van der Waals surface area contributed by atoms with Crippen molar-refractivity contribution in [1.82, 2.24) is 5.32 Å². The van der Waals surface area contributed by atoms with Gasteiger partial charge in [-0.1, -0.05) is 19.1 Å². The fourth-order valence-corrected chi connectivity index (χ4v) is 1.91. The molecule has 0 heterocycles. The average Bonchev–Trinajstić information content (AvgIpc) is 2.34. The Morgan fingerprint density at radius 2 is 2.00 bits per heavy atom. The highest BCUT2D eigenvalue weighted by molar-refractivity contribution is 7.92. The molecular formula is C13H21ClN2O3S. The van der Waals surface area contributed by atoms with E-state index in [1.807, 2.05) is 25.1 Å². The van der Waals surface area contributed by atoms with Crippen LogP contribution < -0.4 is 10.6 Å². The summed E-state index contributed by atoms with van der Waals surface area (Å²) in [5, 5.41) is 4.75. The van der Waals surface area contributed by atoms with Gasteiger partial charge in [-0.25, -0.2) is 8.42 Å². The van der Waals surface area contributed by atoms with E-state index in [0.29, 0.717) is 12.2 Å². The highest BCUT2D eigenvalue weighted by atomic mass is 35.5. The zero-order valence-electron chi connectivity index (χ0n) is 11.8. The molecule has 0 aliphatic heterocycles. The van der Waals surface area contributed by atoms with Crippen LogP contribution in [0, 0.1) is 0 Å². The predicted molar refractivity (Wildman–Crippen MR) is 84.0 cm³/mol. The molecular weight excluding hydrogens is 300 g/mol. The minimum Gasteiger partial charge on any atom is -0.325 e. The fraction of sp³-hybridized carbons (Fsp3) is 0.462. The molecule has 0 saturated carbocycles. The standard InChI is InChI=1S/C13H20N2O3S.ClH/c1-4-14-9-11-6-5-7-12(8-11)15-13(16)10(2)19(3,17)18;/h5-8,10,14H,4,9H2,1-3H3,(H,15,16);1H. The second kappa shape index (κ2) is 8.24. The zero-order chi connectivity index (χ0) is 14.5. The van der Waals surface area contributed by atoms with Gasteiger partial charge in [-0.15, -0.1) is 12.4 Å². The summed E-state index contributed by atoms with van der Waals surface area (Å²) >= 11 is 0. The Morgan fingerprint density at radius 1 is 1.35 bits per heavy atom. The minimum absolute atomic E-state index is 0. The van der Waals surface area contributed by atoms with Crippen LogP contribution in [-0.4, -0.2) is 32.4 Å². The quantitative estimate of drug-likeness (QED) is 0.834. The molecule has 5 nitrogen and oxygen atoms in total. The van der Waals surface area contributed by atoms with Crippen LogP contribution in [0.3, 0.4) is 0 Å². The van der Waals surface area contributed by atoms with Crippen molar-refractivity contribution >= 4 is 33.8 Å². The van der Waals surface area contributed by atoms with Crippen molar-refractivity contribution < 1.29 is 13.2 Å². The Morgan fingerprint density at radius 3 is 2.55 bits per heavy atom. The predicted octanol–water partition coefficient (Wildman–Crippen LogP) is 1.59. The van der Waals surface area contributed by atoms with Gasteiger partial charge in [0.1, 0.15) is 5.25 Å². The van der Waals surface area contributed by atoms with Crippen molar-refractivity contribution in [1.29, 1.82) is 0 Å². The van der Waals surface area contributed by atoms with E-state index in [4.69, 9.17) is 0 Å². The Hall–Kier alpha value is -1.11. The highest BCUT2D eigenvalue weighted by Gasteiger charge is 2.23. The summed E-state index contributed by atoms with van der Waals surface area (Å²) in [5.41, 5.74) is 1.64. The molecule has 1 amide bonds. The highest BCUT2D eigenvalue weighted by Crippen LogP contribution is 2.12.